The molecule has 207 valence electrons. The molecule has 40 heavy (non-hydrogen) atoms. The summed E-state index contributed by atoms with van der Waals surface area (Å²) < 4.78 is 0. The van der Waals surface area contributed by atoms with Gasteiger partial charge >= 0.3 is 0 Å². The van der Waals surface area contributed by atoms with Crippen LogP contribution in [-0.2, 0) is 30.9 Å². The van der Waals surface area contributed by atoms with Gasteiger partial charge in [0.15, 0.2) is 0 Å². The van der Waals surface area contributed by atoms with Crippen LogP contribution < -0.4 is 0 Å². The summed E-state index contributed by atoms with van der Waals surface area (Å²) >= 11 is 0. The summed E-state index contributed by atoms with van der Waals surface area (Å²) in [7, 11) is 0. The molecule has 0 saturated heterocycles. The Hall–Kier alpha value is -3.39. The third-order valence-corrected chi connectivity index (χ3v) is 7.58. The third-order valence-electron chi connectivity index (χ3n) is 7.58. The second-order valence-electron chi connectivity index (χ2n) is 11.2. The Morgan fingerprint density at radius 3 is 1.95 bits per heavy atom. The zero-order valence-electron chi connectivity index (χ0n) is 23.0. The molecule has 5 aromatic rings. The van der Waals surface area contributed by atoms with Crippen molar-refractivity contribution in [2.24, 2.45) is 0 Å². The molecule has 0 aliphatic heterocycles. The molecule has 2 aromatic heterocycles. The Bertz CT molecular complexity index is 1460. The molecule has 0 fully saturated rings. The second kappa shape index (κ2) is 13.3. The molecule has 1 aliphatic carbocycles. The first-order chi connectivity index (χ1) is 18.3. The van der Waals surface area contributed by atoms with Crippen molar-refractivity contribution in [2.75, 3.05) is 0 Å². The Kier molecular flexibility index (Phi) is 10.4. The van der Waals surface area contributed by atoms with Crippen LogP contribution >= 0.6 is 0 Å². The third kappa shape index (κ3) is 7.02. The van der Waals surface area contributed by atoms with Gasteiger partial charge in [0.2, 0.25) is 0 Å². The van der Waals surface area contributed by atoms with E-state index < -0.39 is 0 Å². The number of rotatable bonds is 3. The quantitative estimate of drug-likeness (QED) is 0.175. The van der Waals surface area contributed by atoms with Gasteiger partial charge in [-0.3, -0.25) is 0 Å². The van der Waals surface area contributed by atoms with E-state index in [0.29, 0.717) is 0 Å². The zero-order valence-corrected chi connectivity index (χ0v) is 25.4. The standard InChI is InChI=1S/C25H26N.C11H8N.CH4.Ir/c1-24(2)13-14-25(3,4)22-16-20(10-11-21(22)24)23-17-19(12-15-26-23)18-8-6-5-7-9-18;1-2-6-10(7-3-1)11-8-4-5-9-12-11;;/h5-9,11-12,15-17H,13-14H2,1-4H3;1-6,8-9H;1H4;/q2*-1;;. The Labute approximate surface area is 254 Å². The molecule has 2 nitrogen and oxygen atoms in total. The van der Waals surface area contributed by atoms with E-state index >= 15 is 0 Å². The van der Waals surface area contributed by atoms with Crippen molar-refractivity contribution >= 4 is 0 Å². The molecule has 1 radical (unpaired) electrons. The van der Waals surface area contributed by atoms with Crippen molar-refractivity contribution in [3.05, 3.63) is 133 Å². The average molecular weight is 703 g/mol. The van der Waals surface area contributed by atoms with Crippen molar-refractivity contribution in [1.29, 1.82) is 0 Å². The fourth-order valence-electron chi connectivity index (χ4n) is 5.12. The van der Waals surface area contributed by atoms with Crippen molar-refractivity contribution < 1.29 is 20.1 Å². The minimum atomic E-state index is 0. The van der Waals surface area contributed by atoms with Crippen LogP contribution in [-0.4, -0.2) is 9.97 Å². The second-order valence-corrected chi connectivity index (χ2v) is 11.2. The van der Waals surface area contributed by atoms with Crippen molar-refractivity contribution in [3.8, 4) is 33.6 Å². The number of aromatic nitrogens is 2. The summed E-state index contributed by atoms with van der Waals surface area (Å²) in [4.78, 5) is 8.85. The van der Waals surface area contributed by atoms with E-state index in [1.165, 1.54) is 35.1 Å². The van der Waals surface area contributed by atoms with Crippen LogP contribution in [0, 0.1) is 12.1 Å². The van der Waals surface area contributed by atoms with E-state index in [4.69, 9.17) is 0 Å². The SMILES string of the molecule is C.CC1(C)CCC(C)(C)c2cc(-c3cc(-c4ccccc4)ccn3)[c-]cc21.[Ir].[c-]1ccccc1-c1ccccn1. The van der Waals surface area contributed by atoms with Gasteiger partial charge in [0.25, 0.3) is 0 Å². The Morgan fingerprint density at radius 1 is 0.600 bits per heavy atom. The van der Waals surface area contributed by atoms with Crippen LogP contribution in [0.3, 0.4) is 0 Å². The van der Waals surface area contributed by atoms with Crippen molar-refractivity contribution in [1.82, 2.24) is 9.97 Å². The maximum Gasteiger partial charge on any atom is 0.0166 e. The largest absolute Gasteiger partial charge is 0.305 e. The van der Waals surface area contributed by atoms with Crippen LogP contribution in [0.5, 0.6) is 0 Å². The van der Waals surface area contributed by atoms with Gasteiger partial charge < -0.3 is 9.97 Å². The number of fused-ring (bicyclic) bond motifs is 1. The number of nitrogens with zero attached hydrogens (tertiary/aromatic N) is 2. The van der Waals surface area contributed by atoms with E-state index in [1.54, 1.807) is 6.20 Å². The zero-order chi connectivity index (χ0) is 26.6. The van der Waals surface area contributed by atoms with Gasteiger partial charge in [-0.05, 0) is 51.9 Å². The first kappa shape index (κ1) is 31.1. The van der Waals surface area contributed by atoms with E-state index in [9.17, 15) is 0 Å². The predicted octanol–water partition coefficient (Wildman–Crippen LogP) is 9.75. The molecule has 0 bridgehead atoms. The molecule has 0 unspecified atom stereocenters. The summed E-state index contributed by atoms with van der Waals surface area (Å²) in [5, 5.41) is 0. The molecular weight excluding hydrogens is 665 g/mol. The fraction of sp³-hybridized carbons (Fsp3) is 0.243. The number of pyridine rings is 2. The Balaban J connectivity index is 0.000000266. The summed E-state index contributed by atoms with van der Waals surface area (Å²) in [6.45, 7) is 9.42. The molecule has 1 aliphatic rings. The van der Waals surface area contributed by atoms with Crippen molar-refractivity contribution in [2.45, 2.75) is 58.8 Å². The average Bonchev–Trinajstić information content (AvgIpc) is 2.97. The maximum atomic E-state index is 4.64. The van der Waals surface area contributed by atoms with E-state index in [1.807, 2.05) is 54.7 Å². The normalized spacial score (nSPS) is 14.3. The minimum Gasteiger partial charge on any atom is -0.305 e. The van der Waals surface area contributed by atoms with Crippen LogP contribution in [0.4, 0.5) is 0 Å². The number of benzene rings is 3. The predicted molar refractivity (Wildman–Crippen MR) is 164 cm³/mol. The van der Waals surface area contributed by atoms with Gasteiger partial charge in [-0.1, -0.05) is 90.1 Å². The number of hydrogen-bond donors (Lipinski definition) is 0. The Morgan fingerprint density at radius 2 is 1.27 bits per heavy atom. The van der Waals surface area contributed by atoms with Gasteiger partial charge in [0.1, 0.15) is 0 Å². The van der Waals surface area contributed by atoms with Gasteiger partial charge in [0, 0.05) is 32.5 Å². The topological polar surface area (TPSA) is 25.8 Å². The minimum absolute atomic E-state index is 0. The molecule has 0 N–H and O–H groups in total. The molecule has 0 atom stereocenters. The van der Waals surface area contributed by atoms with Crippen LogP contribution in [0.15, 0.2) is 109 Å². The van der Waals surface area contributed by atoms with E-state index in [0.717, 1.165) is 22.5 Å². The van der Waals surface area contributed by atoms with E-state index in [-0.39, 0.29) is 38.4 Å². The van der Waals surface area contributed by atoms with Crippen molar-refractivity contribution in [3.63, 3.8) is 0 Å². The van der Waals surface area contributed by atoms with Crippen LogP contribution in [0.2, 0.25) is 0 Å². The molecule has 6 rings (SSSR count). The van der Waals surface area contributed by atoms with E-state index in [2.05, 4.69) is 98.3 Å². The van der Waals surface area contributed by atoms with Gasteiger partial charge in [-0.15, -0.1) is 70.8 Å². The smallest absolute Gasteiger partial charge is 0.0166 e. The maximum absolute atomic E-state index is 4.64. The molecule has 0 saturated carbocycles. The molecular formula is C37H38IrN2-2. The first-order valence-electron chi connectivity index (χ1n) is 13.3. The van der Waals surface area contributed by atoms with Gasteiger partial charge in [-0.2, -0.15) is 0 Å². The van der Waals surface area contributed by atoms with Gasteiger partial charge in [-0.25, -0.2) is 0 Å². The van der Waals surface area contributed by atoms with Gasteiger partial charge in [0.05, 0.1) is 0 Å². The number of hydrogen-bond acceptors (Lipinski definition) is 2. The monoisotopic (exact) mass is 703 g/mol. The summed E-state index contributed by atoms with van der Waals surface area (Å²) in [5.41, 5.74) is 9.82. The fourth-order valence-corrected chi connectivity index (χ4v) is 5.12. The summed E-state index contributed by atoms with van der Waals surface area (Å²) in [5.74, 6) is 0. The molecule has 0 spiro atoms. The molecule has 3 aromatic carbocycles. The molecule has 3 heteroatoms. The molecule has 2 heterocycles. The molecule has 0 amide bonds. The van der Waals surface area contributed by atoms with Crippen LogP contribution in [0.25, 0.3) is 33.6 Å². The first-order valence-corrected chi connectivity index (χ1v) is 13.3. The summed E-state index contributed by atoms with van der Waals surface area (Å²) in [6, 6.07) is 39.6. The summed E-state index contributed by atoms with van der Waals surface area (Å²) in [6.07, 6.45) is 6.13. The van der Waals surface area contributed by atoms with Crippen LogP contribution in [0.1, 0.15) is 59.1 Å².